The van der Waals surface area contributed by atoms with Crippen molar-refractivity contribution in [3.05, 3.63) is 78.1 Å². The molecule has 0 aromatic heterocycles. The van der Waals surface area contributed by atoms with Crippen molar-refractivity contribution in [2.24, 2.45) is 11.8 Å². The van der Waals surface area contributed by atoms with Crippen LogP contribution in [0, 0.1) is 29.3 Å². The van der Waals surface area contributed by atoms with Crippen LogP contribution in [-0.2, 0) is 4.79 Å². The second-order valence-electron chi connectivity index (χ2n) is 7.37. The monoisotopic (exact) mass is 412 g/mol. The average molecular weight is 412 g/mol. The maximum atomic E-state index is 14.5. The van der Waals surface area contributed by atoms with Crippen LogP contribution in [0.5, 0.6) is 17.2 Å². The van der Waals surface area contributed by atoms with E-state index >= 15 is 0 Å². The first-order chi connectivity index (χ1) is 14.4. The highest BCUT2D eigenvalue weighted by molar-refractivity contribution is 5.81. The Labute approximate surface area is 172 Å². The van der Waals surface area contributed by atoms with E-state index in [1.165, 1.54) is 48.5 Å². The Hall–Kier alpha value is -3.28. The minimum absolute atomic E-state index is 0.00209. The molecule has 3 nitrogen and oxygen atoms in total. The van der Waals surface area contributed by atoms with Crippen LogP contribution in [0.2, 0.25) is 0 Å². The first-order valence-corrected chi connectivity index (χ1v) is 9.57. The maximum Gasteiger partial charge on any atom is 0.165 e. The lowest BCUT2D eigenvalue weighted by atomic mass is 10.0. The molecular formula is C24H19F3O3. The van der Waals surface area contributed by atoms with Gasteiger partial charge in [0.2, 0.25) is 0 Å². The minimum atomic E-state index is -0.622. The predicted molar refractivity (Wildman–Crippen MR) is 106 cm³/mol. The quantitative estimate of drug-likeness (QED) is 0.466. The van der Waals surface area contributed by atoms with E-state index in [-0.39, 0.29) is 41.3 Å². The van der Waals surface area contributed by atoms with Gasteiger partial charge in [-0.1, -0.05) is 12.1 Å². The Balaban J connectivity index is 1.50. The molecule has 30 heavy (non-hydrogen) atoms. The van der Waals surface area contributed by atoms with Crippen LogP contribution in [0.3, 0.4) is 0 Å². The molecule has 3 aromatic rings. The molecule has 154 valence electrons. The van der Waals surface area contributed by atoms with Crippen LogP contribution >= 0.6 is 0 Å². The lowest BCUT2D eigenvalue weighted by Gasteiger charge is -2.11. The largest absolute Gasteiger partial charge is 0.490 e. The highest BCUT2D eigenvalue weighted by atomic mass is 19.1. The average Bonchev–Trinajstić information content (AvgIpc) is 3.49. The van der Waals surface area contributed by atoms with E-state index in [0.29, 0.717) is 11.3 Å². The number of ether oxygens (including phenoxy) is 2. The summed E-state index contributed by atoms with van der Waals surface area (Å²) in [4.78, 5) is 11.3. The van der Waals surface area contributed by atoms with E-state index in [9.17, 15) is 18.0 Å². The molecule has 0 bridgehead atoms. The SMILES string of the molecule is CC(=O)C1CC1COc1ccc(-c2cc(Oc3cccc(F)c3)ccc2F)cc1F. The van der Waals surface area contributed by atoms with Crippen LogP contribution < -0.4 is 9.47 Å². The van der Waals surface area contributed by atoms with Crippen LogP contribution in [0.1, 0.15) is 13.3 Å². The number of hydrogen-bond donors (Lipinski definition) is 0. The predicted octanol–water partition coefficient (Wildman–Crippen LogP) is 6.17. The second-order valence-corrected chi connectivity index (χ2v) is 7.37. The molecule has 1 aliphatic carbocycles. The van der Waals surface area contributed by atoms with Gasteiger partial charge in [-0.2, -0.15) is 0 Å². The summed E-state index contributed by atoms with van der Waals surface area (Å²) in [7, 11) is 0. The fourth-order valence-electron chi connectivity index (χ4n) is 3.37. The molecule has 0 radical (unpaired) electrons. The molecule has 1 saturated carbocycles. The molecule has 1 fully saturated rings. The van der Waals surface area contributed by atoms with E-state index in [2.05, 4.69) is 0 Å². The Bertz CT molecular complexity index is 1100. The van der Waals surface area contributed by atoms with Gasteiger partial charge in [-0.3, -0.25) is 4.79 Å². The van der Waals surface area contributed by atoms with E-state index < -0.39 is 17.5 Å². The van der Waals surface area contributed by atoms with Crippen molar-refractivity contribution < 1.29 is 27.4 Å². The molecule has 4 rings (SSSR count). The van der Waals surface area contributed by atoms with Crippen molar-refractivity contribution in [1.29, 1.82) is 0 Å². The molecule has 6 heteroatoms. The van der Waals surface area contributed by atoms with Gasteiger partial charge in [-0.05, 0) is 61.4 Å². The molecule has 2 atom stereocenters. The zero-order chi connectivity index (χ0) is 21.3. The van der Waals surface area contributed by atoms with E-state index in [1.54, 1.807) is 19.1 Å². The fourth-order valence-corrected chi connectivity index (χ4v) is 3.37. The molecule has 0 N–H and O–H groups in total. The van der Waals surface area contributed by atoms with Crippen molar-refractivity contribution in [3.63, 3.8) is 0 Å². The summed E-state index contributed by atoms with van der Waals surface area (Å²) < 4.78 is 53.3. The van der Waals surface area contributed by atoms with E-state index in [1.807, 2.05) is 0 Å². The van der Waals surface area contributed by atoms with Crippen molar-refractivity contribution in [2.45, 2.75) is 13.3 Å². The number of halogens is 3. The first kappa shape index (κ1) is 20.0. The molecule has 3 aromatic carbocycles. The third-order valence-corrected chi connectivity index (χ3v) is 5.11. The molecule has 1 aliphatic rings. The Morgan fingerprint density at radius 2 is 1.77 bits per heavy atom. The Morgan fingerprint density at radius 1 is 0.967 bits per heavy atom. The Kier molecular flexibility index (Phi) is 5.48. The van der Waals surface area contributed by atoms with Gasteiger partial charge >= 0.3 is 0 Å². The van der Waals surface area contributed by atoms with Crippen molar-refractivity contribution in [2.75, 3.05) is 6.61 Å². The number of carbonyl (C=O) groups excluding carboxylic acids is 1. The number of carbonyl (C=O) groups is 1. The molecule has 0 spiro atoms. The first-order valence-electron chi connectivity index (χ1n) is 9.57. The van der Waals surface area contributed by atoms with Gasteiger partial charge in [0.15, 0.2) is 11.6 Å². The minimum Gasteiger partial charge on any atom is -0.490 e. The van der Waals surface area contributed by atoms with Crippen molar-refractivity contribution >= 4 is 5.78 Å². The van der Waals surface area contributed by atoms with Crippen LogP contribution in [-0.4, -0.2) is 12.4 Å². The van der Waals surface area contributed by atoms with Gasteiger partial charge in [0.25, 0.3) is 0 Å². The summed E-state index contributed by atoms with van der Waals surface area (Å²) in [6, 6.07) is 13.8. The zero-order valence-corrected chi connectivity index (χ0v) is 16.2. The summed E-state index contributed by atoms with van der Waals surface area (Å²) >= 11 is 0. The van der Waals surface area contributed by atoms with Crippen LogP contribution in [0.4, 0.5) is 13.2 Å². The summed E-state index contributed by atoms with van der Waals surface area (Å²) in [5.74, 6) is -0.754. The summed E-state index contributed by atoms with van der Waals surface area (Å²) in [5.41, 5.74) is 0.461. The molecule has 0 amide bonds. The van der Waals surface area contributed by atoms with Gasteiger partial charge < -0.3 is 9.47 Å². The van der Waals surface area contributed by atoms with Crippen LogP contribution in [0.15, 0.2) is 60.7 Å². The van der Waals surface area contributed by atoms with Crippen LogP contribution in [0.25, 0.3) is 11.1 Å². The smallest absolute Gasteiger partial charge is 0.165 e. The van der Waals surface area contributed by atoms with Gasteiger partial charge in [0.1, 0.15) is 28.9 Å². The number of rotatable bonds is 7. The summed E-state index contributed by atoms with van der Waals surface area (Å²) in [6.45, 7) is 1.81. The number of Topliss-reactive ketones (excluding diaryl/α,β-unsaturated/α-hetero) is 1. The van der Waals surface area contributed by atoms with Gasteiger partial charge in [-0.15, -0.1) is 0 Å². The standard InChI is InChI=1S/C24H19F3O3/c1-14(28)20-9-16(20)13-29-24-8-5-15(10-23(24)27)21-12-19(6-7-22(21)26)30-18-4-2-3-17(25)11-18/h2-8,10-12,16,20H,9,13H2,1H3. The number of ketones is 1. The molecule has 2 unspecified atom stereocenters. The number of benzene rings is 3. The van der Waals surface area contributed by atoms with E-state index in [0.717, 1.165) is 6.42 Å². The summed E-state index contributed by atoms with van der Waals surface area (Å²) in [5, 5.41) is 0. The third kappa shape index (κ3) is 4.48. The molecule has 0 aliphatic heterocycles. The molecule has 0 saturated heterocycles. The normalized spacial score (nSPS) is 17.5. The van der Waals surface area contributed by atoms with Crippen molar-refractivity contribution in [1.82, 2.24) is 0 Å². The molecule has 0 heterocycles. The maximum absolute atomic E-state index is 14.5. The third-order valence-electron chi connectivity index (χ3n) is 5.11. The topological polar surface area (TPSA) is 35.5 Å². The second kappa shape index (κ2) is 8.22. The van der Waals surface area contributed by atoms with Gasteiger partial charge in [0.05, 0.1) is 6.61 Å². The lowest BCUT2D eigenvalue weighted by molar-refractivity contribution is -0.118. The fraction of sp³-hybridized carbons (Fsp3) is 0.208. The van der Waals surface area contributed by atoms with Crippen molar-refractivity contribution in [3.8, 4) is 28.4 Å². The zero-order valence-electron chi connectivity index (χ0n) is 16.2. The van der Waals surface area contributed by atoms with E-state index in [4.69, 9.17) is 9.47 Å². The summed E-state index contributed by atoms with van der Waals surface area (Å²) in [6.07, 6.45) is 0.762. The Morgan fingerprint density at radius 3 is 2.47 bits per heavy atom. The lowest BCUT2D eigenvalue weighted by Crippen LogP contribution is -2.05. The van der Waals surface area contributed by atoms with Gasteiger partial charge in [-0.25, -0.2) is 13.2 Å². The molecular weight excluding hydrogens is 393 g/mol. The number of hydrogen-bond acceptors (Lipinski definition) is 3. The highest BCUT2D eigenvalue weighted by Gasteiger charge is 2.41. The highest BCUT2D eigenvalue weighted by Crippen LogP contribution is 2.40. The van der Waals surface area contributed by atoms with Gasteiger partial charge in [0, 0.05) is 23.5 Å².